The number of sulfonamides is 1. The van der Waals surface area contributed by atoms with Gasteiger partial charge in [-0.2, -0.15) is 0 Å². The zero-order valence-electron chi connectivity index (χ0n) is 10.7. The van der Waals surface area contributed by atoms with Crippen LogP contribution in [0.5, 0.6) is 0 Å². The Morgan fingerprint density at radius 1 is 1.28 bits per heavy atom. The summed E-state index contributed by atoms with van der Waals surface area (Å²) in [6, 6.07) is 9.57. The Hall–Kier alpha value is -0.910. The summed E-state index contributed by atoms with van der Waals surface area (Å²) < 4.78 is 32.2. The standard InChI is InChI=1S/C13H19NO3S/c1-10(2)18(15,16)14-12-8-9-17-13(12)11-6-4-3-5-7-11/h3-7,10,12-14H,8-9H2,1-2H3/t12?,13-/m1/s1. The summed E-state index contributed by atoms with van der Waals surface area (Å²) in [5.74, 6) is 0. The van der Waals surface area contributed by atoms with Gasteiger partial charge in [-0.3, -0.25) is 0 Å². The number of benzene rings is 1. The molecule has 2 rings (SSSR count). The monoisotopic (exact) mass is 269 g/mol. The zero-order chi connectivity index (χ0) is 13.2. The Kier molecular flexibility index (Phi) is 4.04. The van der Waals surface area contributed by atoms with E-state index in [-0.39, 0.29) is 12.1 Å². The molecule has 0 aromatic heterocycles. The number of rotatable bonds is 4. The van der Waals surface area contributed by atoms with Crippen molar-refractivity contribution < 1.29 is 13.2 Å². The summed E-state index contributed by atoms with van der Waals surface area (Å²) in [5.41, 5.74) is 1.02. The van der Waals surface area contributed by atoms with Crippen molar-refractivity contribution in [3.05, 3.63) is 35.9 Å². The summed E-state index contributed by atoms with van der Waals surface area (Å²) in [7, 11) is -3.25. The molecule has 1 unspecified atom stereocenters. The van der Waals surface area contributed by atoms with E-state index in [9.17, 15) is 8.42 Å². The highest BCUT2D eigenvalue weighted by Crippen LogP contribution is 2.29. The van der Waals surface area contributed by atoms with E-state index in [2.05, 4.69) is 4.72 Å². The first-order chi connectivity index (χ1) is 8.50. The molecule has 1 fully saturated rings. The fourth-order valence-electron chi connectivity index (χ4n) is 2.03. The van der Waals surface area contributed by atoms with E-state index >= 15 is 0 Å². The van der Waals surface area contributed by atoms with Crippen molar-refractivity contribution in [2.75, 3.05) is 6.61 Å². The molecular formula is C13H19NO3S. The molecule has 5 heteroatoms. The van der Waals surface area contributed by atoms with E-state index in [4.69, 9.17) is 4.74 Å². The largest absolute Gasteiger partial charge is 0.372 e. The van der Waals surface area contributed by atoms with Crippen LogP contribution in [0.2, 0.25) is 0 Å². The lowest BCUT2D eigenvalue weighted by molar-refractivity contribution is 0.102. The highest BCUT2D eigenvalue weighted by molar-refractivity contribution is 7.90. The van der Waals surface area contributed by atoms with Gasteiger partial charge < -0.3 is 4.74 Å². The number of nitrogens with one attached hydrogen (secondary N) is 1. The van der Waals surface area contributed by atoms with Crippen molar-refractivity contribution in [2.45, 2.75) is 37.7 Å². The van der Waals surface area contributed by atoms with Crippen LogP contribution in [0.1, 0.15) is 31.9 Å². The molecule has 1 aromatic carbocycles. The van der Waals surface area contributed by atoms with E-state index in [1.807, 2.05) is 30.3 Å². The van der Waals surface area contributed by atoms with Crippen molar-refractivity contribution in [1.29, 1.82) is 0 Å². The molecule has 1 aromatic rings. The highest BCUT2D eigenvalue weighted by Gasteiger charge is 2.33. The van der Waals surface area contributed by atoms with Crippen molar-refractivity contribution in [2.24, 2.45) is 0 Å². The minimum atomic E-state index is -3.25. The Morgan fingerprint density at radius 2 is 1.94 bits per heavy atom. The fourth-order valence-corrected chi connectivity index (χ4v) is 2.96. The van der Waals surface area contributed by atoms with Gasteiger partial charge in [0, 0.05) is 6.61 Å². The van der Waals surface area contributed by atoms with Gasteiger partial charge in [-0.1, -0.05) is 30.3 Å². The second-order valence-corrected chi connectivity index (χ2v) is 7.08. The van der Waals surface area contributed by atoms with Gasteiger partial charge in [0.25, 0.3) is 0 Å². The smallest absolute Gasteiger partial charge is 0.214 e. The molecule has 18 heavy (non-hydrogen) atoms. The Labute approximate surface area is 108 Å². The molecule has 1 saturated heterocycles. The Morgan fingerprint density at radius 3 is 2.56 bits per heavy atom. The van der Waals surface area contributed by atoms with Gasteiger partial charge in [0.05, 0.1) is 17.4 Å². The first-order valence-corrected chi connectivity index (χ1v) is 7.73. The first kappa shape index (κ1) is 13.5. The zero-order valence-corrected chi connectivity index (χ0v) is 11.5. The van der Waals surface area contributed by atoms with Crippen molar-refractivity contribution >= 4 is 10.0 Å². The normalized spacial score (nSPS) is 24.6. The summed E-state index contributed by atoms with van der Waals surface area (Å²) in [6.07, 6.45) is 0.533. The molecule has 0 radical (unpaired) electrons. The van der Waals surface area contributed by atoms with E-state index in [1.165, 1.54) is 0 Å². The van der Waals surface area contributed by atoms with Crippen LogP contribution in [0.3, 0.4) is 0 Å². The molecule has 1 heterocycles. The van der Waals surface area contributed by atoms with Gasteiger partial charge >= 0.3 is 0 Å². The maximum atomic E-state index is 11.9. The van der Waals surface area contributed by atoms with Crippen LogP contribution >= 0.6 is 0 Å². The van der Waals surface area contributed by atoms with Crippen molar-refractivity contribution in [3.8, 4) is 0 Å². The molecule has 100 valence electrons. The molecule has 0 saturated carbocycles. The maximum absolute atomic E-state index is 11.9. The third kappa shape index (κ3) is 2.91. The van der Waals surface area contributed by atoms with E-state index < -0.39 is 15.3 Å². The SMILES string of the molecule is CC(C)S(=O)(=O)NC1CCO[C@@H]1c1ccccc1. The lowest BCUT2D eigenvalue weighted by atomic mass is 10.0. The maximum Gasteiger partial charge on any atom is 0.214 e. The van der Waals surface area contributed by atoms with Gasteiger partial charge in [0.15, 0.2) is 0 Å². The fraction of sp³-hybridized carbons (Fsp3) is 0.538. The van der Waals surface area contributed by atoms with Crippen LogP contribution in [0.4, 0.5) is 0 Å². The summed E-state index contributed by atoms with van der Waals surface area (Å²) in [6.45, 7) is 3.94. The molecule has 0 bridgehead atoms. The number of ether oxygens (including phenoxy) is 1. The van der Waals surface area contributed by atoms with E-state index in [0.717, 1.165) is 5.56 Å². The van der Waals surface area contributed by atoms with Gasteiger partial charge in [-0.25, -0.2) is 13.1 Å². The molecule has 0 aliphatic carbocycles. The highest BCUT2D eigenvalue weighted by atomic mass is 32.2. The summed E-state index contributed by atoms with van der Waals surface area (Å²) in [4.78, 5) is 0. The van der Waals surface area contributed by atoms with E-state index in [1.54, 1.807) is 13.8 Å². The summed E-state index contributed by atoms with van der Waals surface area (Å²) in [5, 5.41) is -0.422. The van der Waals surface area contributed by atoms with Gasteiger partial charge in [0.1, 0.15) is 0 Å². The first-order valence-electron chi connectivity index (χ1n) is 6.18. The topological polar surface area (TPSA) is 55.4 Å². The molecule has 0 spiro atoms. The van der Waals surface area contributed by atoms with Crippen LogP contribution in [-0.2, 0) is 14.8 Å². The lowest BCUT2D eigenvalue weighted by Crippen LogP contribution is -2.40. The van der Waals surface area contributed by atoms with Crippen LogP contribution in [-0.4, -0.2) is 26.3 Å². The van der Waals surface area contributed by atoms with Crippen LogP contribution < -0.4 is 4.72 Å². The van der Waals surface area contributed by atoms with Crippen LogP contribution in [0.25, 0.3) is 0 Å². The molecule has 4 nitrogen and oxygen atoms in total. The third-order valence-electron chi connectivity index (χ3n) is 3.16. The van der Waals surface area contributed by atoms with Crippen molar-refractivity contribution in [3.63, 3.8) is 0 Å². The molecule has 0 amide bonds. The van der Waals surface area contributed by atoms with Gasteiger partial charge in [0.2, 0.25) is 10.0 Å². The second kappa shape index (κ2) is 5.38. The van der Waals surface area contributed by atoms with Crippen LogP contribution in [0.15, 0.2) is 30.3 Å². The molecule has 1 N–H and O–H groups in total. The minimum absolute atomic E-state index is 0.167. The van der Waals surface area contributed by atoms with Gasteiger partial charge in [-0.15, -0.1) is 0 Å². The third-order valence-corrected chi connectivity index (χ3v) is 5.03. The summed E-state index contributed by atoms with van der Waals surface area (Å²) >= 11 is 0. The average molecular weight is 269 g/mol. The predicted octanol–water partition coefficient (Wildman–Crippen LogP) is 1.84. The van der Waals surface area contributed by atoms with E-state index in [0.29, 0.717) is 13.0 Å². The molecule has 2 atom stereocenters. The molecule has 1 aliphatic rings. The predicted molar refractivity (Wildman–Crippen MR) is 70.7 cm³/mol. The Bertz CT molecular complexity index is 484. The molecule has 1 aliphatic heterocycles. The number of hydrogen-bond acceptors (Lipinski definition) is 3. The van der Waals surface area contributed by atoms with Crippen LogP contribution in [0, 0.1) is 0 Å². The average Bonchev–Trinajstić information content (AvgIpc) is 2.77. The quantitative estimate of drug-likeness (QED) is 0.907. The number of hydrogen-bond donors (Lipinski definition) is 1. The van der Waals surface area contributed by atoms with Gasteiger partial charge in [-0.05, 0) is 25.8 Å². The minimum Gasteiger partial charge on any atom is -0.372 e. The molecular weight excluding hydrogens is 250 g/mol. The lowest BCUT2D eigenvalue weighted by Gasteiger charge is -2.21. The second-order valence-electron chi connectivity index (χ2n) is 4.81. The van der Waals surface area contributed by atoms with Crippen molar-refractivity contribution in [1.82, 2.24) is 4.72 Å². The Balaban J connectivity index is 2.14.